The van der Waals surface area contributed by atoms with Crippen LogP contribution >= 0.6 is 0 Å². The minimum Gasteiger partial charge on any atom is -0.484 e. The highest BCUT2D eigenvalue weighted by molar-refractivity contribution is 5.77. The summed E-state index contributed by atoms with van der Waals surface area (Å²) in [5.74, 6) is 0.815. The Hall–Kier alpha value is -2.87. The van der Waals surface area contributed by atoms with Crippen molar-refractivity contribution in [2.75, 3.05) is 26.9 Å². The molecule has 0 aliphatic heterocycles. The van der Waals surface area contributed by atoms with Crippen LogP contribution in [0.3, 0.4) is 0 Å². The van der Waals surface area contributed by atoms with E-state index >= 15 is 0 Å². The van der Waals surface area contributed by atoms with E-state index in [-0.39, 0.29) is 18.2 Å². The molecule has 0 saturated carbocycles. The summed E-state index contributed by atoms with van der Waals surface area (Å²) in [4.78, 5) is 24.0. The van der Waals surface area contributed by atoms with E-state index in [0.717, 1.165) is 0 Å². The summed E-state index contributed by atoms with van der Waals surface area (Å²) in [7, 11) is 1.56. The van der Waals surface area contributed by atoms with Gasteiger partial charge in [-0.2, -0.15) is 0 Å². The molecule has 0 radical (unpaired) electrons. The maximum absolute atomic E-state index is 12.3. The van der Waals surface area contributed by atoms with Gasteiger partial charge in [0, 0.05) is 25.8 Å². The number of methoxy groups -OCH3 is 1. The Kier molecular flexibility index (Phi) is 6.32. The van der Waals surface area contributed by atoms with Gasteiger partial charge in [-0.05, 0) is 24.3 Å². The van der Waals surface area contributed by atoms with Crippen molar-refractivity contribution in [3.8, 4) is 5.75 Å². The number of benzene rings is 1. The number of hydrogen-bond acceptors (Lipinski definition) is 6. The molecule has 2 aromatic rings. The summed E-state index contributed by atoms with van der Waals surface area (Å²) in [6, 6.07) is 9.09. The van der Waals surface area contributed by atoms with Crippen LogP contribution in [0.1, 0.15) is 5.76 Å². The van der Waals surface area contributed by atoms with Crippen molar-refractivity contribution in [3.63, 3.8) is 0 Å². The number of furan rings is 1. The second-order valence-corrected chi connectivity index (χ2v) is 4.93. The van der Waals surface area contributed by atoms with Gasteiger partial charge in [0.05, 0.1) is 24.3 Å². The molecule has 8 nitrogen and oxygen atoms in total. The quantitative estimate of drug-likeness (QED) is 0.515. The summed E-state index contributed by atoms with van der Waals surface area (Å²) < 4.78 is 15.7. The van der Waals surface area contributed by atoms with Crippen LogP contribution in [-0.4, -0.2) is 42.6 Å². The Labute approximate surface area is 138 Å². The molecular formula is C16H18N2O6. The Balaban J connectivity index is 1.92. The first-order chi connectivity index (χ1) is 11.6. The number of nitro benzene ring substituents is 1. The lowest BCUT2D eigenvalue weighted by atomic mass is 10.3. The summed E-state index contributed by atoms with van der Waals surface area (Å²) in [5, 5.41) is 10.6. The highest BCUT2D eigenvalue weighted by Crippen LogP contribution is 2.17. The molecule has 2 rings (SSSR count). The third kappa shape index (κ3) is 5.10. The highest BCUT2D eigenvalue weighted by Gasteiger charge is 2.16. The van der Waals surface area contributed by atoms with Crippen molar-refractivity contribution in [2.45, 2.75) is 6.54 Å². The van der Waals surface area contributed by atoms with Gasteiger partial charge in [-0.1, -0.05) is 0 Å². The van der Waals surface area contributed by atoms with Crippen LogP contribution in [0, 0.1) is 10.1 Å². The molecular weight excluding hydrogens is 316 g/mol. The fourth-order valence-corrected chi connectivity index (χ4v) is 1.98. The zero-order chi connectivity index (χ0) is 17.4. The number of carbonyl (C=O) groups excluding carboxylic acids is 1. The van der Waals surface area contributed by atoms with Gasteiger partial charge >= 0.3 is 0 Å². The van der Waals surface area contributed by atoms with Gasteiger partial charge < -0.3 is 18.8 Å². The maximum Gasteiger partial charge on any atom is 0.269 e. The van der Waals surface area contributed by atoms with E-state index in [1.165, 1.54) is 24.3 Å². The van der Waals surface area contributed by atoms with E-state index < -0.39 is 4.92 Å². The van der Waals surface area contributed by atoms with E-state index in [9.17, 15) is 14.9 Å². The third-order valence-electron chi connectivity index (χ3n) is 3.25. The monoisotopic (exact) mass is 334 g/mol. The van der Waals surface area contributed by atoms with E-state index in [0.29, 0.717) is 31.2 Å². The van der Waals surface area contributed by atoms with Crippen LogP contribution in [0.15, 0.2) is 47.1 Å². The standard InChI is InChI=1S/C16H18N2O6/c1-22-10-8-17(11-15-3-2-9-23-15)16(19)12-24-14-6-4-13(5-7-14)18(20)21/h2-7,9H,8,10-12H2,1H3. The summed E-state index contributed by atoms with van der Waals surface area (Å²) in [6.07, 6.45) is 1.54. The lowest BCUT2D eigenvalue weighted by molar-refractivity contribution is -0.384. The largest absolute Gasteiger partial charge is 0.484 e. The van der Waals surface area contributed by atoms with Crippen LogP contribution in [0.4, 0.5) is 5.69 Å². The molecule has 0 unspecified atom stereocenters. The maximum atomic E-state index is 12.3. The Morgan fingerprint density at radius 3 is 2.62 bits per heavy atom. The Morgan fingerprint density at radius 1 is 1.29 bits per heavy atom. The lowest BCUT2D eigenvalue weighted by Crippen LogP contribution is -2.36. The first kappa shape index (κ1) is 17.5. The van der Waals surface area contributed by atoms with Crippen molar-refractivity contribution in [1.29, 1.82) is 0 Å². The molecule has 128 valence electrons. The Morgan fingerprint density at radius 2 is 2.04 bits per heavy atom. The average Bonchev–Trinajstić information content (AvgIpc) is 3.10. The molecule has 0 N–H and O–H groups in total. The Bertz CT molecular complexity index is 654. The van der Waals surface area contributed by atoms with E-state index in [2.05, 4.69) is 0 Å². The number of nitro groups is 1. The number of carbonyl (C=O) groups is 1. The number of amides is 1. The van der Waals surface area contributed by atoms with E-state index in [4.69, 9.17) is 13.9 Å². The van der Waals surface area contributed by atoms with Crippen LogP contribution in [0.5, 0.6) is 5.75 Å². The fraction of sp³-hybridized carbons (Fsp3) is 0.312. The molecule has 8 heteroatoms. The number of nitrogens with zero attached hydrogens (tertiary/aromatic N) is 2. The van der Waals surface area contributed by atoms with E-state index in [1.54, 1.807) is 30.4 Å². The number of hydrogen-bond donors (Lipinski definition) is 0. The normalized spacial score (nSPS) is 10.4. The molecule has 1 aromatic carbocycles. The van der Waals surface area contributed by atoms with Crippen LogP contribution in [0.25, 0.3) is 0 Å². The topological polar surface area (TPSA) is 95.0 Å². The molecule has 0 spiro atoms. The second-order valence-electron chi connectivity index (χ2n) is 4.93. The van der Waals surface area contributed by atoms with Crippen molar-refractivity contribution in [1.82, 2.24) is 4.90 Å². The second kappa shape index (κ2) is 8.68. The molecule has 0 fully saturated rings. The van der Waals surface area contributed by atoms with Gasteiger partial charge in [-0.15, -0.1) is 0 Å². The molecule has 24 heavy (non-hydrogen) atoms. The molecule has 0 aliphatic carbocycles. The predicted molar refractivity (Wildman–Crippen MR) is 84.6 cm³/mol. The minimum atomic E-state index is -0.495. The van der Waals surface area contributed by atoms with Gasteiger partial charge in [0.1, 0.15) is 11.5 Å². The molecule has 0 aliphatic rings. The summed E-state index contributed by atoms with van der Waals surface area (Å²) >= 11 is 0. The molecule has 1 aromatic heterocycles. The van der Waals surface area contributed by atoms with E-state index in [1.807, 2.05) is 0 Å². The fourth-order valence-electron chi connectivity index (χ4n) is 1.98. The van der Waals surface area contributed by atoms with Gasteiger partial charge in [0.15, 0.2) is 6.61 Å². The highest BCUT2D eigenvalue weighted by atomic mass is 16.6. The zero-order valence-electron chi connectivity index (χ0n) is 13.2. The molecule has 0 saturated heterocycles. The average molecular weight is 334 g/mol. The summed E-state index contributed by atoms with van der Waals surface area (Å²) in [6.45, 7) is 0.935. The first-order valence-electron chi connectivity index (χ1n) is 7.26. The number of rotatable bonds is 9. The van der Waals surface area contributed by atoms with Crippen LogP contribution in [0.2, 0.25) is 0 Å². The number of ether oxygens (including phenoxy) is 2. The lowest BCUT2D eigenvalue weighted by Gasteiger charge is -2.21. The van der Waals surface area contributed by atoms with Gasteiger partial charge in [-0.25, -0.2) is 0 Å². The smallest absolute Gasteiger partial charge is 0.269 e. The summed E-state index contributed by atoms with van der Waals surface area (Å²) in [5.41, 5.74) is -0.0341. The van der Waals surface area contributed by atoms with Crippen molar-refractivity contribution >= 4 is 11.6 Å². The van der Waals surface area contributed by atoms with Crippen LogP contribution in [-0.2, 0) is 16.1 Å². The van der Waals surface area contributed by atoms with Gasteiger partial charge in [0.25, 0.3) is 11.6 Å². The SMILES string of the molecule is COCCN(Cc1ccco1)C(=O)COc1ccc([N+](=O)[O-])cc1. The number of non-ortho nitro benzene ring substituents is 1. The van der Waals surface area contributed by atoms with Gasteiger partial charge in [0.2, 0.25) is 0 Å². The van der Waals surface area contributed by atoms with Gasteiger partial charge in [-0.3, -0.25) is 14.9 Å². The van der Waals surface area contributed by atoms with Crippen molar-refractivity contribution < 1.29 is 23.6 Å². The zero-order valence-corrected chi connectivity index (χ0v) is 13.2. The molecule has 0 bridgehead atoms. The predicted octanol–water partition coefficient (Wildman–Crippen LogP) is 2.24. The first-order valence-corrected chi connectivity index (χ1v) is 7.26. The van der Waals surface area contributed by atoms with Crippen molar-refractivity contribution in [3.05, 3.63) is 58.5 Å². The molecule has 1 heterocycles. The minimum absolute atomic E-state index is 0.0341. The third-order valence-corrected chi connectivity index (χ3v) is 3.25. The molecule has 0 atom stereocenters. The molecule has 1 amide bonds. The van der Waals surface area contributed by atoms with Crippen molar-refractivity contribution in [2.24, 2.45) is 0 Å². The van der Waals surface area contributed by atoms with Crippen LogP contribution < -0.4 is 4.74 Å².